The minimum absolute atomic E-state index is 0.0158. The maximum Gasteiger partial charge on any atom is 0.164 e. The summed E-state index contributed by atoms with van der Waals surface area (Å²) in [4.78, 5) is 11.5. The predicted molar refractivity (Wildman–Crippen MR) is 59.7 cm³/mol. The number of ketones is 1. The zero-order valence-corrected chi connectivity index (χ0v) is 9.72. The fraction of sp³-hybridized carbons (Fsp3) is 0.300. The standard InChI is InChI=1S/C10H12BrNO2/c1-3-8(13)7-4-6(11)5-9(14-2)10(7)12/h4-5H,3,12H2,1-2H3. The van der Waals surface area contributed by atoms with E-state index in [1.165, 1.54) is 7.11 Å². The molecule has 76 valence electrons. The lowest BCUT2D eigenvalue weighted by molar-refractivity contribution is 0.0988. The molecule has 14 heavy (non-hydrogen) atoms. The van der Waals surface area contributed by atoms with Gasteiger partial charge in [0.2, 0.25) is 0 Å². The van der Waals surface area contributed by atoms with Crippen molar-refractivity contribution in [3.8, 4) is 5.75 Å². The van der Waals surface area contributed by atoms with E-state index in [-0.39, 0.29) is 5.78 Å². The Balaban J connectivity index is 3.29. The second-order valence-corrected chi connectivity index (χ2v) is 3.76. The molecule has 0 fully saturated rings. The Bertz CT molecular complexity index is 363. The summed E-state index contributed by atoms with van der Waals surface area (Å²) >= 11 is 3.30. The maximum absolute atomic E-state index is 11.5. The zero-order valence-electron chi connectivity index (χ0n) is 8.13. The molecular weight excluding hydrogens is 246 g/mol. The first-order chi connectivity index (χ1) is 6.60. The molecule has 4 heteroatoms. The Morgan fingerprint density at radius 2 is 2.21 bits per heavy atom. The van der Waals surface area contributed by atoms with Gasteiger partial charge in [-0.15, -0.1) is 0 Å². The van der Waals surface area contributed by atoms with Crippen molar-refractivity contribution < 1.29 is 9.53 Å². The Kier molecular flexibility index (Phi) is 3.52. The quantitative estimate of drug-likeness (QED) is 0.669. The SMILES string of the molecule is CCC(=O)c1cc(Br)cc(OC)c1N. The normalized spacial score (nSPS) is 9.93. The Labute approximate surface area is 91.4 Å². The van der Waals surface area contributed by atoms with Crippen LogP contribution in [0.5, 0.6) is 5.75 Å². The second kappa shape index (κ2) is 4.46. The molecule has 0 unspecified atom stereocenters. The third-order valence-electron chi connectivity index (χ3n) is 1.95. The first kappa shape index (κ1) is 11.0. The first-order valence-electron chi connectivity index (χ1n) is 4.26. The first-order valence-corrected chi connectivity index (χ1v) is 5.05. The number of nitrogen functional groups attached to an aromatic ring is 1. The summed E-state index contributed by atoms with van der Waals surface area (Å²) in [5.41, 5.74) is 6.69. The van der Waals surface area contributed by atoms with E-state index in [1.54, 1.807) is 19.1 Å². The van der Waals surface area contributed by atoms with Gasteiger partial charge in [-0.1, -0.05) is 22.9 Å². The monoisotopic (exact) mass is 257 g/mol. The van der Waals surface area contributed by atoms with E-state index in [2.05, 4.69) is 15.9 Å². The number of carbonyl (C=O) groups is 1. The smallest absolute Gasteiger partial charge is 0.164 e. The van der Waals surface area contributed by atoms with Crippen molar-refractivity contribution in [3.05, 3.63) is 22.2 Å². The number of nitrogens with two attached hydrogens (primary N) is 1. The van der Waals surface area contributed by atoms with E-state index >= 15 is 0 Å². The summed E-state index contributed by atoms with van der Waals surface area (Å²) < 4.78 is 5.85. The zero-order chi connectivity index (χ0) is 10.7. The van der Waals surface area contributed by atoms with Gasteiger partial charge in [0.1, 0.15) is 5.75 Å². The molecule has 0 aromatic heterocycles. The number of Topliss-reactive ketones (excluding diaryl/α,β-unsaturated/α-hetero) is 1. The fourth-order valence-corrected chi connectivity index (χ4v) is 1.62. The van der Waals surface area contributed by atoms with Crippen LogP contribution in [0, 0.1) is 0 Å². The van der Waals surface area contributed by atoms with E-state index in [1.807, 2.05) is 0 Å². The number of rotatable bonds is 3. The number of hydrogen-bond acceptors (Lipinski definition) is 3. The third kappa shape index (κ3) is 2.07. The van der Waals surface area contributed by atoms with Gasteiger partial charge >= 0.3 is 0 Å². The highest BCUT2D eigenvalue weighted by Crippen LogP contribution is 2.30. The molecule has 0 amide bonds. The lowest BCUT2D eigenvalue weighted by Crippen LogP contribution is -2.04. The molecule has 0 aliphatic heterocycles. The summed E-state index contributed by atoms with van der Waals surface area (Å²) in [5.74, 6) is 0.540. The van der Waals surface area contributed by atoms with Gasteiger partial charge < -0.3 is 10.5 Å². The summed E-state index contributed by atoms with van der Waals surface area (Å²) in [6, 6.07) is 3.45. The van der Waals surface area contributed by atoms with Gasteiger partial charge in [0.15, 0.2) is 5.78 Å². The van der Waals surface area contributed by atoms with Crippen molar-refractivity contribution in [1.82, 2.24) is 0 Å². The average molecular weight is 258 g/mol. The molecule has 2 N–H and O–H groups in total. The number of benzene rings is 1. The van der Waals surface area contributed by atoms with E-state index in [9.17, 15) is 4.79 Å². The Hall–Kier alpha value is -1.03. The van der Waals surface area contributed by atoms with E-state index in [0.717, 1.165) is 4.47 Å². The summed E-state index contributed by atoms with van der Waals surface area (Å²) in [7, 11) is 1.53. The van der Waals surface area contributed by atoms with Crippen LogP contribution in [0.4, 0.5) is 5.69 Å². The molecule has 0 aliphatic rings. The van der Waals surface area contributed by atoms with Crippen LogP contribution < -0.4 is 10.5 Å². The largest absolute Gasteiger partial charge is 0.495 e. The van der Waals surface area contributed by atoms with Crippen LogP contribution in [0.3, 0.4) is 0 Å². The molecular formula is C10H12BrNO2. The van der Waals surface area contributed by atoms with E-state index in [0.29, 0.717) is 23.4 Å². The molecule has 1 aromatic rings. The molecule has 3 nitrogen and oxygen atoms in total. The topological polar surface area (TPSA) is 52.3 Å². The highest BCUT2D eigenvalue weighted by Gasteiger charge is 2.12. The highest BCUT2D eigenvalue weighted by molar-refractivity contribution is 9.10. The van der Waals surface area contributed by atoms with Crippen LogP contribution in [0.15, 0.2) is 16.6 Å². The van der Waals surface area contributed by atoms with Crippen molar-refractivity contribution in [2.45, 2.75) is 13.3 Å². The molecule has 1 rings (SSSR count). The summed E-state index contributed by atoms with van der Waals surface area (Å²) in [5, 5.41) is 0. The molecule has 0 radical (unpaired) electrons. The molecule has 0 bridgehead atoms. The molecule has 0 aliphatic carbocycles. The van der Waals surface area contributed by atoms with Gasteiger partial charge in [-0.3, -0.25) is 4.79 Å². The van der Waals surface area contributed by atoms with Crippen molar-refractivity contribution in [1.29, 1.82) is 0 Å². The van der Waals surface area contributed by atoms with Gasteiger partial charge in [-0.25, -0.2) is 0 Å². The molecule has 1 aromatic carbocycles. The maximum atomic E-state index is 11.5. The third-order valence-corrected chi connectivity index (χ3v) is 2.41. The van der Waals surface area contributed by atoms with Crippen LogP contribution in [-0.4, -0.2) is 12.9 Å². The fourth-order valence-electron chi connectivity index (χ4n) is 1.18. The lowest BCUT2D eigenvalue weighted by atomic mass is 10.1. The van der Waals surface area contributed by atoms with Crippen molar-refractivity contribution >= 4 is 27.4 Å². The van der Waals surface area contributed by atoms with Crippen LogP contribution >= 0.6 is 15.9 Å². The molecule has 0 saturated carbocycles. The number of methoxy groups -OCH3 is 1. The van der Waals surface area contributed by atoms with Crippen molar-refractivity contribution in [3.63, 3.8) is 0 Å². The van der Waals surface area contributed by atoms with Crippen molar-refractivity contribution in [2.24, 2.45) is 0 Å². The van der Waals surface area contributed by atoms with Gasteiger partial charge in [0.25, 0.3) is 0 Å². The van der Waals surface area contributed by atoms with E-state index in [4.69, 9.17) is 10.5 Å². The van der Waals surface area contributed by atoms with Crippen LogP contribution in [0.25, 0.3) is 0 Å². The number of hydrogen-bond donors (Lipinski definition) is 1. The number of halogens is 1. The van der Waals surface area contributed by atoms with Crippen LogP contribution in [0.2, 0.25) is 0 Å². The number of anilines is 1. The van der Waals surface area contributed by atoms with Crippen LogP contribution in [0.1, 0.15) is 23.7 Å². The van der Waals surface area contributed by atoms with Gasteiger partial charge in [0, 0.05) is 16.5 Å². The second-order valence-electron chi connectivity index (χ2n) is 2.85. The summed E-state index contributed by atoms with van der Waals surface area (Å²) in [6.07, 6.45) is 0.434. The number of ether oxygens (including phenoxy) is 1. The minimum atomic E-state index is 0.0158. The molecule has 0 spiro atoms. The molecule has 0 saturated heterocycles. The summed E-state index contributed by atoms with van der Waals surface area (Å²) in [6.45, 7) is 1.80. The van der Waals surface area contributed by atoms with Gasteiger partial charge in [-0.05, 0) is 12.1 Å². The van der Waals surface area contributed by atoms with Gasteiger partial charge in [-0.2, -0.15) is 0 Å². The minimum Gasteiger partial charge on any atom is -0.495 e. The Morgan fingerprint density at radius 3 is 2.71 bits per heavy atom. The number of carbonyl (C=O) groups excluding carboxylic acids is 1. The molecule has 0 atom stereocenters. The van der Waals surface area contributed by atoms with Crippen LogP contribution in [-0.2, 0) is 0 Å². The highest BCUT2D eigenvalue weighted by atomic mass is 79.9. The lowest BCUT2D eigenvalue weighted by Gasteiger charge is -2.09. The van der Waals surface area contributed by atoms with Crippen molar-refractivity contribution in [2.75, 3.05) is 12.8 Å². The van der Waals surface area contributed by atoms with E-state index < -0.39 is 0 Å². The Morgan fingerprint density at radius 1 is 1.57 bits per heavy atom. The predicted octanol–water partition coefficient (Wildman–Crippen LogP) is 2.63. The van der Waals surface area contributed by atoms with Gasteiger partial charge in [0.05, 0.1) is 12.8 Å². The molecule has 0 heterocycles. The average Bonchev–Trinajstić information content (AvgIpc) is 2.19.